The number of furan rings is 4. The zero-order chi connectivity index (χ0) is 49.8. The molecule has 0 spiro atoms. The van der Waals surface area contributed by atoms with E-state index in [0.717, 1.165) is 155 Å². The molecule has 0 aliphatic carbocycles. The second-order valence-corrected chi connectivity index (χ2v) is 19.5. The quantitative estimate of drug-likeness (QED) is 0.151. The highest BCUT2D eigenvalue weighted by molar-refractivity contribution is 6.19. The van der Waals surface area contributed by atoms with Crippen molar-refractivity contribution in [2.24, 2.45) is 0 Å². The maximum Gasteiger partial charge on any atom is 0.137 e. The molecule has 76 heavy (non-hydrogen) atoms. The smallest absolute Gasteiger partial charge is 0.137 e. The average Bonchev–Trinajstić information content (AvgIpc) is 4.29. The molecule has 0 unspecified atom stereocenters. The minimum absolute atomic E-state index is 0.806. The van der Waals surface area contributed by atoms with E-state index in [2.05, 4.69) is 240 Å². The van der Waals surface area contributed by atoms with E-state index in [1.807, 2.05) is 24.3 Å². The minimum atomic E-state index is 0.806. The van der Waals surface area contributed by atoms with E-state index in [1.54, 1.807) is 0 Å². The number of hydrogen-bond acceptors (Lipinski definition) is 6. The summed E-state index contributed by atoms with van der Waals surface area (Å²) in [6.07, 6.45) is 0. The van der Waals surface area contributed by atoms with Gasteiger partial charge in [0, 0.05) is 89.1 Å². The maximum atomic E-state index is 6.87. The number of rotatable bonds is 8. The summed E-state index contributed by atoms with van der Waals surface area (Å²) in [5.74, 6) is 0. The Kier molecular flexibility index (Phi) is 9.23. The standard InChI is InChI=1S/C70H42N2O4/c1-5-17-43(18-6-1)67-57(33-35-61-69(67)53-25-13-15-27-59(53)73-61)71(47-21-9-3-10-22-47)49-29-31-51-55-37-45-40-64-56(38-46(45)39-63(55)75-65(51)41-49)52-32-30-50(42-66(52)76-64)72(48-23-11-4-12-24-48)58-34-36-62-70(54-26-14-16-28-60(54)74-62)68(58)44-19-7-2-8-20-44/h1-42H. The van der Waals surface area contributed by atoms with Crippen LogP contribution in [0.25, 0.3) is 121 Å². The van der Waals surface area contributed by atoms with Gasteiger partial charge in [0.15, 0.2) is 0 Å². The zero-order valence-electron chi connectivity index (χ0n) is 40.8. The van der Waals surface area contributed by atoms with Crippen LogP contribution in [0, 0.1) is 0 Å². The van der Waals surface area contributed by atoms with E-state index in [-0.39, 0.29) is 0 Å². The number of benzene rings is 12. The van der Waals surface area contributed by atoms with Crippen LogP contribution in [-0.4, -0.2) is 0 Å². The van der Waals surface area contributed by atoms with E-state index in [1.165, 1.54) is 0 Å². The van der Waals surface area contributed by atoms with Gasteiger partial charge >= 0.3 is 0 Å². The number of para-hydroxylation sites is 4. The molecule has 4 heterocycles. The van der Waals surface area contributed by atoms with Gasteiger partial charge < -0.3 is 27.5 Å². The molecule has 6 heteroatoms. The SMILES string of the molecule is c1ccc(-c2c(N(c3ccccc3)c3ccc4c(c3)oc3cc5cc6c(cc5cc34)oc3cc(N(c4ccccc4)c4ccc5oc7ccccc7c5c4-c4ccccc4)ccc36)ccc3oc4ccccc4c23)cc1. The third-order valence-electron chi connectivity index (χ3n) is 15.2. The lowest BCUT2D eigenvalue weighted by molar-refractivity contribution is 0.668. The van der Waals surface area contributed by atoms with Gasteiger partial charge in [-0.25, -0.2) is 0 Å². The molecule has 0 atom stereocenters. The van der Waals surface area contributed by atoms with Crippen LogP contribution in [0.4, 0.5) is 34.1 Å². The minimum Gasteiger partial charge on any atom is -0.456 e. The van der Waals surface area contributed by atoms with E-state index in [0.29, 0.717) is 0 Å². The second kappa shape index (κ2) is 16.6. The summed E-state index contributed by atoms with van der Waals surface area (Å²) in [4.78, 5) is 4.66. The van der Waals surface area contributed by atoms with Crippen molar-refractivity contribution in [3.8, 4) is 22.3 Å². The molecule has 0 fully saturated rings. The van der Waals surface area contributed by atoms with Gasteiger partial charge in [0.05, 0.1) is 11.4 Å². The van der Waals surface area contributed by atoms with Crippen LogP contribution in [0.3, 0.4) is 0 Å². The molecule has 0 bridgehead atoms. The Morgan fingerprint density at radius 2 is 0.592 bits per heavy atom. The molecule has 0 amide bonds. The van der Waals surface area contributed by atoms with Crippen molar-refractivity contribution in [2.45, 2.75) is 0 Å². The summed E-state index contributed by atoms with van der Waals surface area (Å²) in [6.45, 7) is 0. The van der Waals surface area contributed by atoms with Crippen LogP contribution >= 0.6 is 0 Å². The normalized spacial score (nSPS) is 11.9. The van der Waals surface area contributed by atoms with Gasteiger partial charge in [-0.2, -0.15) is 0 Å². The molecule has 4 aromatic heterocycles. The topological polar surface area (TPSA) is 59.0 Å². The average molecular weight is 975 g/mol. The predicted molar refractivity (Wildman–Crippen MR) is 313 cm³/mol. The summed E-state index contributed by atoms with van der Waals surface area (Å²) < 4.78 is 26.7. The maximum absolute atomic E-state index is 6.87. The Morgan fingerprint density at radius 3 is 1.03 bits per heavy atom. The van der Waals surface area contributed by atoms with E-state index in [4.69, 9.17) is 17.7 Å². The van der Waals surface area contributed by atoms with Gasteiger partial charge in [0.2, 0.25) is 0 Å². The van der Waals surface area contributed by atoms with Gasteiger partial charge in [-0.15, -0.1) is 0 Å². The summed E-state index contributed by atoms with van der Waals surface area (Å²) >= 11 is 0. The van der Waals surface area contributed by atoms with Crippen LogP contribution in [-0.2, 0) is 0 Å². The summed E-state index contributed by atoms with van der Waals surface area (Å²) in [6, 6.07) is 89.5. The second-order valence-electron chi connectivity index (χ2n) is 19.5. The molecule has 0 radical (unpaired) electrons. The molecule has 0 saturated heterocycles. The molecular formula is C70H42N2O4. The van der Waals surface area contributed by atoms with Crippen molar-refractivity contribution in [1.29, 1.82) is 0 Å². The highest BCUT2D eigenvalue weighted by atomic mass is 16.3. The van der Waals surface area contributed by atoms with Gasteiger partial charge in [-0.1, -0.05) is 133 Å². The number of fused-ring (bicyclic) bond motifs is 13. The molecule has 0 N–H and O–H groups in total. The van der Waals surface area contributed by atoms with E-state index in [9.17, 15) is 0 Å². The monoisotopic (exact) mass is 974 g/mol. The van der Waals surface area contributed by atoms with E-state index < -0.39 is 0 Å². The molecule has 0 aliphatic rings. The lowest BCUT2D eigenvalue weighted by Gasteiger charge is -2.28. The molecule has 16 aromatic rings. The molecular weight excluding hydrogens is 933 g/mol. The molecule has 12 aromatic carbocycles. The van der Waals surface area contributed by atoms with Crippen molar-refractivity contribution < 1.29 is 17.7 Å². The molecule has 0 saturated carbocycles. The Morgan fingerprint density at radius 1 is 0.224 bits per heavy atom. The first kappa shape index (κ1) is 42.2. The fraction of sp³-hybridized carbons (Fsp3) is 0. The Labute approximate surface area is 435 Å². The number of nitrogens with zero attached hydrogens (tertiary/aromatic N) is 2. The zero-order valence-corrected chi connectivity index (χ0v) is 40.8. The lowest BCUT2D eigenvalue weighted by Crippen LogP contribution is -2.11. The lowest BCUT2D eigenvalue weighted by atomic mass is 9.96. The van der Waals surface area contributed by atoms with Crippen molar-refractivity contribution >= 4 is 133 Å². The van der Waals surface area contributed by atoms with Crippen LogP contribution in [0.15, 0.2) is 272 Å². The van der Waals surface area contributed by atoms with Crippen molar-refractivity contribution in [1.82, 2.24) is 0 Å². The Hall–Kier alpha value is -10.3. The molecule has 16 rings (SSSR count). The highest BCUT2D eigenvalue weighted by Gasteiger charge is 2.26. The fourth-order valence-electron chi connectivity index (χ4n) is 11.8. The number of hydrogen-bond donors (Lipinski definition) is 0. The van der Waals surface area contributed by atoms with Gasteiger partial charge in [0.25, 0.3) is 0 Å². The van der Waals surface area contributed by atoms with E-state index >= 15 is 0 Å². The summed E-state index contributed by atoms with van der Waals surface area (Å²) in [7, 11) is 0. The van der Waals surface area contributed by atoms with Crippen LogP contribution in [0.5, 0.6) is 0 Å². The van der Waals surface area contributed by atoms with Crippen LogP contribution in [0.2, 0.25) is 0 Å². The predicted octanol–water partition coefficient (Wildman–Crippen LogP) is 20.7. The fourth-order valence-corrected chi connectivity index (χ4v) is 11.8. The molecule has 0 aliphatic heterocycles. The van der Waals surface area contributed by atoms with Gasteiger partial charge in [-0.05, 0) is 131 Å². The third-order valence-corrected chi connectivity index (χ3v) is 15.2. The molecule has 356 valence electrons. The summed E-state index contributed by atoms with van der Waals surface area (Å²) in [5.41, 5.74) is 17.2. The van der Waals surface area contributed by atoms with Gasteiger partial charge in [0.1, 0.15) is 44.7 Å². The number of anilines is 6. The first-order chi connectivity index (χ1) is 37.7. The van der Waals surface area contributed by atoms with Gasteiger partial charge in [-0.3, -0.25) is 0 Å². The Bertz CT molecular complexity index is 4620. The first-order valence-corrected chi connectivity index (χ1v) is 25.6. The van der Waals surface area contributed by atoms with Crippen molar-refractivity contribution in [3.05, 3.63) is 255 Å². The van der Waals surface area contributed by atoms with Crippen LogP contribution < -0.4 is 9.80 Å². The Balaban J connectivity index is 0.826. The van der Waals surface area contributed by atoms with Crippen LogP contribution in [0.1, 0.15) is 0 Å². The third kappa shape index (κ3) is 6.54. The largest absolute Gasteiger partial charge is 0.456 e. The van der Waals surface area contributed by atoms with Crippen molar-refractivity contribution in [3.63, 3.8) is 0 Å². The van der Waals surface area contributed by atoms with Crippen molar-refractivity contribution in [2.75, 3.05) is 9.80 Å². The highest BCUT2D eigenvalue weighted by Crippen LogP contribution is 2.50. The first-order valence-electron chi connectivity index (χ1n) is 25.6. The summed E-state index contributed by atoms with van der Waals surface area (Å²) in [5, 5.41) is 10.6. The molecule has 6 nitrogen and oxygen atoms in total.